The fraction of sp³-hybridized carbons (Fsp3) is 0.183. The van der Waals surface area contributed by atoms with Crippen LogP contribution in [0.1, 0.15) is 86.8 Å². The summed E-state index contributed by atoms with van der Waals surface area (Å²) in [6, 6.07) is 80.2. The summed E-state index contributed by atoms with van der Waals surface area (Å²) in [7, 11) is 0. The number of para-hydroxylation sites is 2. The van der Waals surface area contributed by atoms with Gasteiger partial charge in [-0.3, -0.25) is 0 Å². The summed E-state index contributed by atoms with van der Waals surface area (Å²) in [5.41, 5.74) is 23.9. The van der Waals surface area contributed by atoms with Gasteiger partial charge in [0.25, 0.3) is 0 Å². The highest BCUT2D eigenvalue weighted by atomic mass is 15.3. The van der Waals surface area contributed by atoms with Gasteiger partial charge in [-0.25, -0.2) is 0 Å². The van der Waals surface area contributed by atoms with Gasteiger partial charge in [-0.05, 0) is 216 Å². The Morgan fingerprint density at radius 3 is 1.34 bits per heavy atom. The molecule has 4 atom stereocenters. The molecule has 1 spiro atoms. The summed E-state index contributed by atoms with van der Waals surface area (Å²) in [6.07, 6.45) is 4.75. The van der Waals surface area contributed by atoms with Gasteiger partial charge in [0.1, 0.15) is 0 Å². The fourth-order valence-corrected chi connectivity index (χ4v) is 16.4. The molecule has 0 radical (unpaired) electrons. The van der Waals surface area contributed by atoms with Crippen LogP contribution in [0, 0.1) is 0 Å². The Kier molecular flexibility index (Phi) is 7.44. The Morgan fingerprint density at radius 1 is 0.329 bits per heavy atom. The molecular formula is C71H54N2. The molecule has 73 heavy (non-hydrogen) atoms. The third-order valence-corrected chi connectivity index (χ3v) is 20.7. The second-order valence-corrected chi connectivity index (χ2v) is 23.5. The minimum atomic E-state index is -0.550. The van der Waals surface area contributed by atoms with E-state index in [0.29, 0.717) is 0 Å². The van der Waals surface area contributed by atoms with Gasteiger partial charge in [0.05, 0.1) is 16.5 Å². The molecule has 2 heteroatoms. The van der Waals surface area contributed by atoms with Gasteiger partial charge in [-0.2, -0.15) is 0 Å². The third kappa shape index (κ3) is 4.62. The van der Waals surface area contributed by atoms with E-state index in [0.717, 1.165) is 0 Å². The highest BCUT2D eigenvalue weighted by Gasteiger charge is 2.64. The van der Waals surface area contributed by atoms with E-state index >= 15 is 0 Å². The van der Waals surface area contributed by atoms with Crippen molar-refractivity contribution >= 4 is 55.1 Å². The number of benzene rings is 11. The van der Waals surface area contributed by atoms with Crippen LogP contribution < -0.4 is 9.80 Å². The van der Waals surface area contributed by atoms with Gasteiger partial charge >= 0.3 is 0 Å². The van der Waals surface area contributed by atoms with Crippen LogP contribution in [0.2, 0.25) is 0 Å². The van der Waals surface area contributed by atoms with Crippen molar-refractivity contribution < 1.29 is 0 Å². The van der Waals surface area contributed by atoms with Crippen LogP contribution in [0.25, 0.3) is 76.8 Å². The molecule has 4 aliphatic carbocycles. The van der Waals surface area contributed by atoms with Crippen molar-refractivity contribution in [3.05, 3.63) is 240 Å². The summed E-state index contributed by atoms with van der Waals surface area (Å²) in [5.74, 6) is 0. The zero-order valence-corrected chi connectivity index (χ0v) is 41.9. The van der Waals surface area contributed by atoms with Crippen LogP contribution in [-0.4, -0.2) is 11.1 Å². The fourth-order valence-electron chi connectivity index (χ4n) is 16.4. The smallest absolute Gasteiger partial charge is 0.0726 e. The lowest BCUT2D eigenvalue weighted by Gasteiger charge is -2.56. The first-order valence-electron chi connectivity index (χ1n) is 26.7. The average Bonchev–Trinajstić information content (AvgIpc) is 4.05. The van der Waals surface area contributed by atoms with Gasteiger partial charge < -0.3 is 9.80 Å². The summed E-state index contributed by atoms with van der Waals surface area (Å²) in [5, 5.41) is 8.01. The van der Waals surface area contributed by atoms with Crippen molar-refractivity contribution in [2.24, 2.45) is 0 Å². The normalized spacial score (nSPS) is 25.3. The van der Waals surface area contributed by atoms with Crippen molar-refractivity contribution in [1.82, 2.24) is 0 Å². The second kappa shape index (κ2) is 13.4. The Bertz CT molecular complexity index is 4060. The van der Waals surface area contributed by atoms with E-state index in [1.165, 1.54) is 159 Å². The highest BCUT2D eigenvalue weighted by molar-refractivity contribution is 6.27. The van der Waals surface area contributed by atoms with Crippen LogP contribution in [-0.2, 0) is 16.2 Å². The van der Waals surface area contributed by atoms with Gasteiger partial charge in [-0.1, -0.05) is 153 Å². The molecule has 2 fully saturated rings. The van der Waals surface area contributed by atoms with Gasteiger partial charge in [0.15, 0.2) is 0 Å². The zero-order valence-electron chi connectivity index (χ0n) is 41.9. The maximum Gasteiger partial charge on any atom is 0.0726 e. The molecule has 0 amide bonds. The van der Waals surface area contributed by atoms with E-state index < -0.39 is 5.41 Å². The summed E-state index contributed by atoms with van der Waals surface area (Å²) < 4.78 is 0. The molecule has 0 aromatic heterocycles. The number of fused-ring (bicyclic) bond motifs is 17. The van der Waals surface area contributed by atoms with Gasteiger partial charge in [0, 0.05) is 33.6 Å². The lowest BCUT2D eigenvalue weighted by Crippen LogP contribution is -2.60. The zero-order chi connectivity index (χ0) is 48.4. The molecule has 4 unspecified atom stereocenters. The molecule has 2 saturated carbocycles. The number of hydrogen-bond acceptors (Lipinski definition) is 2. The van der Waals surface area contributed by atoms with E-state index in [4.69, 9.17) is 0 Å². The minimum Gasteiger partial charge on any atom is -0.334 e. The Hall–Kier alpha value is -7.94. The molecule has 17 rings (SSSR count). The topological polar surface area (TPSA) is 6.48 Å². The number of anilines is 4. The van der Waals surface area contributed by atoms with Crippen molar-refractivity contribution in [2.45, 2.75) is 80.7 Å². The lowest BCUT2D eigenvalue weighted by atomic mass is 9.55. The Labute approximate surface area is 427 Å². The first-order chi connectivity index (χ1) is 35.6. The predicted molar refractivity (Wildman–Crippen MR) is 304 cm³/mol. The van der Waals surface area contributed by atoms with E-state index in [1.54, 1.807) is 0 Å². The maximum atomic E-state index is 2.65. The number of nitrogens with zero attached hydrogens (tertiary/aromatic N) is 2. The number of hydrogen-bond donors (Lipinski definition) is 0. The van der Waals surface area contributed by atoms with Crippen LogP contribution >= 0.6 is 0 Å². The molecule has 2 heterocycles. The monoisotopic (exact) mass is 934 g/mol. The highest BCUT2D eigenvalue weighted by Crippen LogP contribution is 2.69. The second-order valence-electron chi connectivity index (χ2n) is 23.5. The van der Waals surface area contributed by atoms with Gasteiger partial charge in [0.2, 0.25) is 0 Å². The summed E-state index contributed by atoms with van der Waals surface area (Å²) in [6.45, 7) is 10.0. The van der Waals surface area contributed by atoms with Crippen LogP contribution in [0.5, 0.6) is 0 Å². The van der Waals surface area contributed by atoms with Crippen molar-refractivity contribution in [2.75, 3.05) is 9.80 Å². The predicted octanol–water partition coefficient (Wildman–Crippen LogP) is 18.2. The van der Waals surface area contributed by atoms with Crippen LogP contribution in [0.15, 0.2) is 206 Å². The molecule has 0 N–H and O–H groups in total. The quantitative estimate of drug-likeness (QED) is 0.162. The van der Waals surface area contributed by atoms with E-state index in [1.807, 2.05) is 0 Å². The molecule has 2 nitrogen and oxygen atoms in total. The number of rotatable bonds is 4. The third-order valence-electron chi connectivity index (χ3n) is 20.7. The van der Waals surface area contributed by atoms with Crippen molar-refractivity contribution in [3.63, 3.8) is 0 Å². The summed E-state index contributed by atoms with van der Waals surface area (Å²) >= 11 is 0. The largest absolute Gasteiger partial charge is 0.334 e. The van der Waals surface area contributed by atoms with Crippen molar-refractivity contribution in [1.29, 1.82) is 0 Å². The molecule has 11 aromatic rings. The van der Waals surface area contributed by atoms with Crippen molar-refractivity contribution in [3.8, 4) is 44.5 Å². The van der Waals surface area contributed by atoms with Crippen LogP contribution in [0.4, 0.5) is 22.7 Å². The molecular weight excluding hydrogens is 881 g/mol. The van der Waals surface area contributed by atoms with Gasteiger partial charge in [-0.15, -0.1) is 0 Å². The molecule has 0 bridgehead atoms. The van der Waals surface area contributed by atoms with E-state index in [9.17, 15) is 0 Å². The average molecular weight is 935 g/mol. The SMILES string of the molecule is CC12CCC1(C)N(c1ccccc1)c1ccc(-c3ccc4c(c3)C3(c5cc(-c6ccc7c(c6)C6(C)CCC6(C)N7c6ccccc6)ccc5-4)c4ccccc4-c4c3cc3ccc5cccc6ccc4c3c56)cc12. The summed E-state index contributed by atoms with van der Waals surface area (Å²) in [4.78, 5) is 5.30. The maximum absolute atomic E-state index is 2.65. The van der Waals surface area contributed by atoms with Crippen LogP contribution in [0.3, 0.4) is 0 Å². The molecule has 348 valence electrons. The Morgan fingerprint density at radius 2 is 0.808 bits per heavy atom. The molecule has 2 aliphatic heterocycles. The molecule has 6 aliphatic rings. The molecule has 11 aromatic carbocycles. The first-order valence-corrected chi connectivity index (χ1v) is 26.7. The minimum absolute atomic E-state index is 0.0346. The van der Waals surface area contributed by atoms with E-state index in [-0.39, 0.29) is 21.9 Å². The Balaban J connectivity index is 0.903. The lowest BCUT2D eigenvalue weighted by molar-refractivity contribution is 0.133. The molecule has 0 saturated heterocycles. The standard InChI is InChI=1S/C71H54N2/c1-67-34-36-69(67,3)72(50-16-7-5-8-17-50)62-32-27-47(40-59(62)67)45-25-29-52-53-30-26-46(48-28-33-63-60(41-48)68(2)35-37-70(68,4)73(63)51-18-9-6-10-19-51)39-58(53)71(57(52)38-45)56-21-12-11-20-54(56)66-55-31-24-44-15-13-14-43-22-23-49(42-61(66)71)65(55)64(43)44/h5-33,38-42H,34-37H2,1-4H3. The first kappa shape index (κ1) is 40.6. The van der Waals surface area contributed by atoms with E-state index in [2.05, 4.69) is 244 Å².